The number of hydrogen-bond acceptors (Lipinski definition) is 3. The Morgan fingerprint density at radius 3 is 1.78 bits per heavy atom. The van der Waals surface area contributed by atoms with Gasteiger partial charge in [0, 0.05) is 40.2 Å². The molecule has 0 radical (unpaired) electrons. The predicted molar refractivity (Wildman–Crippen MR) is 217 cm³/mol. The van der Waals surface area contributed by atoms with Gasteiger partial charge in [0.25, 0.3) is 6.71 Å². The number of ether oxygens (including phenoxy) is 1. The largest absolute Gasteiger partial charge is 0.493 e. The van der Waals surface area contributed by atoms with Gasteiger partial charge >= 0.3 is 0 Å². The lowest BCUT2D eigenvalue weighted by Crippen LogP contribution is -2.61. The number of aryl methyl sites for hydroxylation is 1. The summed E-state index contributed by atoms with van der Waals surface area (Å²) in [5.41, 5.74) is 17.7. The number of fused-ring (bicyclic) bond motifs is 5. The fraction of sp³-hybridized carbons (Fsp3) is 0.234. The van der Waals surface area contributed by atoms with E-state index in [9.17, 15) is 0 Å². The van der Waals surface area contributed by atoms with Crippen LogP contribution < -0.4 is 30.9 Å². The Hall–Kier alpha value is -5.22. The summed E-state index contributed by atoms with van der Waals surface area (Å²) in [7, 11) is 0. The molecule has 0 fully saturated rings. The molecule has 6 aromatic rings. The molecule has 0 atom stereocenters. The Balaban J connectivity index is 1.40. The van der Waals surface area contributed by atoms with E-state index in [2.05, 4.69) is 179 Å². The molecule has 0 aromatic heterocycles. The van der Waals surface area contributed by atoms with E-state index in [1.807, 2.05) is 0 Å². The normalized spacial score (nSPS) is 14.7. The van der Waals surface area contributed by atoms with Gasteiger partial charge < -0.3 is 14.5 Å². The van der Waals surface area contributed by atoms with Crippen molar-refractivity contribution in [2.24, 2.45) is 0 Å². The molecule has 0 N–H and O–H groups in total. The van der Waals surface area contributed by atoms with Crippen molar-refractivity contribution in [2.45, 2.75) is 65.2 Å². The first-order valence-corrected chi connectivity index (χ1v) is 18.5. The molecule has 51 heavy (non-hydrogen) atoms. The lowest BCUT2D eigenvalue weighted by atomic mass is 9.33. The third-order valence-electron chi connectivity index (χ3n) is 11.1. The predicted octanol–water partition coefficient (Wildman–Crippen LogP) is 10.4. The quantitative estimate of drug-likeness (QED) is 0.175. The molecule has 9 rings (SSSR count). The highest BCUT2D eigenvalue weighted by Crippen LogP contribution is 2.47. The van der Waals surface area contributed by atoms with E-state index < -0.39 is 0 Å². The van der Waals surface area contributed by atoms with Gasteiger partial charge in [0.05, 0.1) is 6.61 Å². The Kier molecular flexibility index (Phi) is 7.26. The lowest BCUT2D eigenvalue weighted by molar-refractivity contribution is 0.288. The smallest absolute Gasteiger partial charge is 0.252 e. The summed E-state index contributed by atoms with van der Waals surface area (Å²) in [4.78, 5) is 5.03. The molecular weight excluding hydrogens is 619 g/mol. The average Bonchev–Trinajstić information content (AvgIpc) is 3.13. The van der Waals surface area contributed by atoms with Gasteiger partial charge in [-0.3, -0.25) is 0 Å². The van der Waals surface area contributed by atoms with Crippen LogP contribution in [0.2, 0.25) is 0 Å². The number of benzene rings is 6. The minimum atomic E-state index is 0.00571. The molecule has 252 valence electrons. The first-order valence-electron chi connectivity index (χ1n) is 18.5. The van der Waals surface area contributed by atoms with Crippen LogP contribution in [0.3, 0.4) is 0 Å². The van der Waals surface area contributed by atoms with Crippen molar-refractivity contribution in [2.75, 3.05) is 16.4 Å². The lowest BCUT2D eigenvalue weighted by Gasteiger charge is -2.45. The van der Waals surface area contributed by atoms with Gasteiger partial charge in [-0.2, -0.15) is 0 Å². The number of anilines is 6. The number of rotatable bonds is 3. The standard InChI is InChI=1S/C47H45BN2O/c1-46(2,3)34-19-22-37(23-20-34)49-40-24-21-35(47(4,5)6)29-39(40)48-38-26-32-16-13-25-51-44(32)30-41(38)50(36-17-11-8-12-18-36)43-28-33(27-42(49)45(43)48)31-14-9-7-10-15-31/h7-12,14-15,17-24,26-30H,13,16,25H2,1-6H3. The summed E-state index contributed by atoms with van der Waals surface area (Å²) >= 11 is 0. The molecule has 0 aliphatic carbocycles. The zero-order valence-electron chi connectivity index (χ0n) is 30.6. The van der Waals surface area contributed by atoms with Crippen LogP contribution in [-0.4, -0.2) is 13.3 Å². The third-order valence-corrected chi connectivity index (χ3v) is 11.1. The second-order valence-corrected chi connectivity index (χ2v) is 16.5. The van der Waals surface area contributed by atoms with Crippen molar-refractivity contribution in [3.63, 3.8) is 0 Å². The fourth-order valence-corrected chi connectivity index (χ4v) is 8.36. The Bertz CT molecular complexity index is 2280. The van der Waals surface area contributed by atoms with Crippen LogP contribution in [0.25, 0.3) is 11.1 Å². The summed E-state index contributed by atoms with van der Waals surface area (Å²) in [5.74, 6) is 1.02. The van der Waals surface area contributed by atoms with E-state index in [0.717, 1.165) is 30.9 Å². The van der Waals surface area contributed by atoms with Gasteiger partial charge in [-0.1, -0.05) is 120 Å². The zero-order chi connectivity index (χ0) is 35.1. The van der Waals surface area contributed by atoms with Crippen molar-refractivity contribution in [3.8, 4) is 16.9 Å². The van der Waals surface area contributed by atoms with Gasteiger partial charge in [0.2, 0.25) is 0 Å². The van der Waals surface area contributed by atoms with E-state index in [4.69, 9.17) is 4.74 Å². The van der Waals surface area contributed by atoms with Gasteiger partial charge in [0.15, 0.2) is 0 Å². The number of hydrogen-bond donors (Lipinski definition) is 0. The fourth-order valence-electron chi connectivity index (χ4n) is 8.36. The molecule has 0 amide bonds. The molecule has 0 saturated heterocycles. The van der Waals surface area contributed by atoms with E-state index in [-0.39, 0.29) is 17.5 Å². The molecule has 3 aliphatic heterocycles. The maximum atomic E-state index is 6.37. The molecule has 3 heterocycles. The topological polar surface area (TPSA) is 15.7 Å². The van der Waals surface area contributed by atoms with Crippen LogP contribution in [0.4, 0.5) is 34.1 Å². The summed E-state index contributed by atoms with van der Waals surface area (Å²) < 4.78 is 6.37. The van der Waals surface area contributed by atoms with Crippen molar-refractivity contribution in [1.29, 1.82) is 0 Å². The van der Waals surface area contributed by atoms with Crippen molar-refractivity contribution in [1.82, 2.24) is 0 Å². The second-order valence-electron chi connectivity index (χ2n) is 16.5. The molecule has 0 unspecified atom stereocenters. The molecule has 4 heteroatoms. The van der Waals surface area contributed by atoms with E-state index >= 15 is 0 Å². The summed E-state index contributed by atoms with van der Waals surface area (Å²) in [6.07, 6.45) is 2.08. The van der Waals surface area contributed by atoms with Crippen LogP contribution in [0.15, 0.2) is 127 Å². The van der Waals surface area contributed by atoms with Crippen LogP contribution in [-0.2, 0) is 17.3 Å². The first-order chi connectivity index (χ1) is 24.6. The van der Waals surface area contributed by atoms with Crippen LogP contribution in [0.5, 0.6) is 5.75 Å². The summed E-state index contributed by atoms with van der Waals surface area (Å²) in [6.45, 7) is 14.7. The highest BCUT2D eigenvalue weighted by atomic mass is 16.5. The van der Waals surface area contributed by atoms with Gasteiger partial charge in [-0.15, -0.1) is 0 Å². The number of para-hydroxylation sites is 1. The molecule has 0 bridgehead atoms. The van der Waals surface area contributed by atoms with Gasteiger partial charge in [-0.25, -0.2) is 0 Å². The average molecular weight is 665 g/mol. The molecule has 6 aromatic carbocycles. The molecule has 0 saturated carbocycles. The maximum absolute atomic E-state index is 6.37. The van der Waals surface area contributed by atoms with E-state index in [1.165, 1.54) is 72.6 Å². The monoisotopic (exact) mass is 664 g/mol. The van der Waals surface area contributed by atoms with Crippen molar-refractivity contribution >= 4 is 57.2 Å². The van der Waals surface area contributed by atoms with Crippen LogP contribution in [0.1, 0.15) is 64.7 Å². The van der Waals surface area contributed by atoms with E-state index in [1.54, 1.807) is 0 Å². The molecule has 3 aliphatic rings. The van der Waals surface area contributed by atoms with E-state index in [0.29, 0.717) is 0 Å². The minimum Gasteiger partial charge on any atom is -0.493 e. The third kappa shape index (κ3) is 5.26. The summed E-state index contributed by atoms with van der Waals surface area (Å²) in [6, 6.07) is 47.9. The Labute approximate surface area is 303 Å². The minimum absolute atomic E-state index is 0.00571. The van der Waals surface area contributed by atoms with Crippen molar-refractivity contribution in [3.05, 3.63) is 144 Å². The maximum Gasteiger partial charge on any atom is 0.252 e. The van der Waals surface area contributed by atoms with Gasteiger partial charge in [0.1, 0.15) is 5.75 Å². The van der Waals surface area contributed by atoms with Gasteiger partial charge in [-0.05, 0) is 110 Å². The highest BCUT2D eigenvalue weighted by Gasteiger charge is 2.44. The Morgan fingerprint density at radius 2 is 1.12 bits per heavy atom. The molecule has 0 spiro atoms. The first kappa shape index (κ1) is 31.7. The van der Waals surface area contributed by atoms with Crippen molar-refractivity contribution < 1.29 is 4.74 Å². The number of nitrogens with zero attached hydrogens (tertiary/aromatic N) is 2. The zero-order valence-corrected chi connectivity index (χ0v) is 30.6. The molecular formula is C47H45BN2O. The Morgan fingerprint density at radius 1 is 0.529 bits per heavy atom. The van der Waals surface area contributed by atoms with Crippen LogP contribution >= 0.6 is 0 Å². The SMILES string of the molecule is CC(C)(C)c1ccc(N2c3ccc(C(C)(C)C)cc3B3c4cc5c(cc4N(c4ccccc4)c4cc(-c6ccccc6)cc2c43)OCCC5)cc1. The summed E-state index contributed by atoms with van der Waals surface area (Å²) in [5, 5.41) is 0. The highest BCUT2D eigenvalue weighted by molar-refractivity contribution is 7.00. The second kappa shape index (κ2) is 11.7. The van der Waals surface area contributed by atoms with Crippen LogP contribution in [0, 0.1) is 0 Å². The molecule has 3 nitrogen and oxygen atoms in total.